The molecule has 11 heteroatoms. The van der Waals surface area contributed by atoms with Crippen LogP contribution in [0.15, 0.2) is 52.3 Å². The molecule has 1 amide bonds. The minimum atomic E-state index is -3.82. The number of hydrogen-bond acceptors (Lipinski definition) is 6. The van der Waals surface area contributed by atoms with Gasteiger partial charge in [0.05, 0.1) is 17.9 Å². The fourth-order valence-corrected chi connectivity index (χ4v) is 7.97. The minimum Gasteiger partial charge on any atom is -0.495 e. The molecule has 0 unspecified atom stereocenters. The van der Waals surface area contributed by atoms with Crippen molar-refractivity contribution in [2.75, 3.05) is 33.3 Å². The van der Waals surface area contributed by atoms with Crippen LogP contribution in [0, 0.1) is 12.8 Å². The van der Waals surface area contributed by atoms with Gasteiger partial charge in [-0.25, -0.2) is 16.8 Å². The number of piperidine rings is 1. The van der Waals surface area contributed by atoms with Crippen LogP contribution in [0.1, 0.15) is 36.8 Å². The molecule has 0 saturated carbocycles. The van der Waals surface area contributed by atoms with Gasteiger partial charge in [0.2, 0.25) is 26.0 Å². The highest BCUT2D eigenvalue weighted by atomic mass is 32.2. The van der Waals surface area contributed by atoms with Crippen molar-refractivity contribution in [3.05, 3.63) is 53.6 Å². The molecule has 0 aliphatic carbocycles. The van der Waals surface area contributed by atoms with E-state index in [0.29, 0.717) is 32.5 Å². The molecule has 0 aromatic heterocycles. The Hall–Kier alpha value is -2.47. The van der Waals surface area contributed by atoms with Gasteiger partial charge in [-0.05, 0) is 68.0 Å². The number of aryl methyl sites for hydroxylation is 1. The second-order valence-electron chi connectivity index (χ2n) is 9.33. The number of benzene rings is 2. The van der Waals surface area contributed by atoms with Gasteiger partial charge in [0.1, 0.15) is 10.6 Å². The highest BCUT2D eigenvalue weighted by molar-refractivity contribution is 7.89. The van der Waals surface area contributed by atoms with Crippen LogP contribution in [0.25, 0.3) is 0 Å². The smallest absolute Gasteiger partial charge is 0.246 e. The summed E-state index contributed by atoms with van der Waals surface area (Å²) in [6.07, 6.45) is 2.92. The zero-order valence-electron chi connectivity index (χ0n) is 20.6. The quantitative estimate of drug-likeness (QED) is 0.556. The predicted molar refractivity (Wildman–Crippen MR) is 135 cm³/mol. The zero-order chi connectivity index (χ0) is 25.9. The lowest BCUT2D eigenvalue weighted by Crippen LogP contribution is -2.45. The fourth-order valence-electron chi connectivity index (χ4n) is 4.69. The highest BCUT2D eigenvalue weighted by Crippen LogP contribution is 2.30. The van der Waals surface area contributed by atoms with Crippen LogP contribution < -0.4 is 10.1 Å². The van der Waals surface area contributed by atoms with E-state index in [2.05, 4.69) is 5.32 Å². The lowest BCUT2D eigenvalue weighted by atomic mass is 9.99. The number of methoxy groups -OCH3 is 1. The average Bonchev–Trinajstić information content (AvgIpc) is 3.44. The van der Waals surface area contributed by atoms with Crippen molar-refractivity contribution < 1.29 is 26.4 Å². The normalized spacial score (nSPS) is 19.8. The lowest BCUT2D eigenvalue weighted by Gasteiger charge is -2.31. The zero-order valence-corrected chi connectivity index (χ0v) is 22.3. The van der Waals surface area contributed by atoms with Gasteiger partial charge in [0, 0.05) is 32.7 Å². The van der Waals surface area contributed by atoms with Crippen LogP contribution in [0.2, 0.25) is 0 Å². The van der Waals surface area contributed by atoms with E-state index in [4.69, 9.17) is 4.74 Å². The number of nitrogens with one attached hydrogen (secondary N) is 1. The summed E-state index contributed by atoms with van der Waals surface area (Å²) in [5.74, 6) is -0.415. The molecule has 2 saturated heterocycles. The maximum atomic E-state index is 13.3. The van der Waals surface area contributed by atoms with Crippen molar-refractivity contribution >= 4 is 26.0 Å². The molecule has 0 bridgehead atoms. The Bertz CT molecular complexity index is 1300. The highest BCUT2D eigenvalue weighted by Gasteiger charge is 2.35. The molecule has 2 heterocycles. The molecule has 9 nitrogen and oxygen atoms in total. The number of nitrogens with zero attached hydrogens (tertiary/aromatic N) is 2. The van der Waals surface area contributed by atoms with E-state index < -0.39 is 26.0 Å². The van der Waals surface area contributed by atoms with Gasteiger partial charge in [-0.2, -0.15) is 8.61 Å². The number of sulfonamides is 2. The summed E-state index contributed by atoms with van der Waals surface area (Å²) in [6, 6.07) is 11.6. The molecule has 1 N–H and O–H groups in total. The largest absolute Gasteiger partial charge is 0.495 e. The van der Waals surface area contributed by atoms with Crippen molar-refractivity contribution in [1.29, 1.82) is 0 Å². The van der Waals surface area contributed by atoms with Gasteiger partial charge in [-0.3, -0.25) is 4.79 Å². The summed E-state index contributed by atoms with van der Waals surface area (Å²) in [5, 5.41) is 2.88. The number of ether oxygens (including phenoxy) is 1. The number of carbonyl (C=O) groups is 1. The van der Waals surface area contributed by atoms with Crippen LogP contribution in [0.3, 0.4) is 0 Å². The summed E-state index contributed by atoms with van der Waals surface area (Å²) >= 11 is 0. The molecular formula is C25H33N3O6S2. The fraction of sp³-hybridized carbons (Fsp3) is 0.480. The van der Waals surface area contributed by atoms with E-state index in [0.717, 1.165) is 24.0 Å². The van der Waals surface area contributed by atoms with Crippen molar-refractivity contribution in [2.24, 2.45) is 5.92 Å². The summed E-state index contributed by atoms with van der Waals surface area (Å²) < 4.78 is 60.2. The number of hydrogen-bond donors (Lipinski definition) is 1. The predicted octanol–water partition coefficient (Wildman–Crippen LogP) is 2.51. The minimum absolute atomic E-state index is 0.0955. The first-order chi connectivity index (χ1) is 17.1. The van der Waals surface area contributed by atoms with Crippen LogP contribution in [0.4, 0.5) is 0 Å². The van der Waals surface area contributed by atoms with Gasteiger partial charge in [-0.15, -0.1) is 0 Å². The molecule has 1 atom stereocenters. The maximum absolute atomic E-state index is 13.3. The van der Waals surface area contributed by atoms with E-state index in [1.807, 2.05) is 6.92 Å². The maximum Gasteiger partial charge on any atom is 0.246 e. The van der Waals surface area contributed by atoms with Crippen molar-refractivity contribution in [2.45, 2.75) is 48.9 Å². The summed E-state index contributed by atoms with van der Waals surface area (Å²) in [7, 11) is -5.86. The van der Waals surface area contributed by atoms with Crippen LogP contribution in [0.5, 0.6) is 5.75 Å². The summed E-state index contributed by atoms with van der Waals surface area (Å²) in [5.41, 5.74) is 1.58. The molecule has 0 spiro atoms. The first-order valence-electron chi connectivity index (χ1n) is 12.1. The van der Waals surface area contributed by atoms with Crippen molar-refractivity contribution in [3.63, 3.8) is 0 Å². The van der Waals surface area contributed by atoms with Gasteiger partial charge in [0.25, 0.3) is 0 Å². The Morgan fingerprint density at radius 2 is 1.61 bits per heavy atom. The first-order valence-corrected chi connectivity index (χ1v) is 15.0. The number of amides is 1. The van der Waals surface area contributed by atoms with Crippen LogP contribution >= 0.6 is 0 Å². The van der Waals surface area contributed by atoms with Crippen LogP contribution in [-0.2, 0) is 31.4 Å². The average molecular weight is 536 g/mol. The van der Waals surface area contributed by atoms with E-state index in [-0.39, 0.29) is 34.5 Å². The Morgan fingerprint density at radius 3 is 2.28 bits per heavy atom. The van der Waals surface area contributed by atoms with E-state index in [1.54, 1.807) is 42.5 Å². The monoisotopic (exact) mass is 535 g/mol. The van der Waals surface area contributed by atoms with E-state index in [9.17, 15) is 21.6 Å². The molecule has 2 aliphatic heterocycles. The summed E-state index contributed by atoms with van der Waals surface area (Å²) in [4.78, 5) is 13.3. The topological polar surface area (TPSA) is 113 Å². The van der Waals surface area contributed by atoms with Crippen molar-refractivity contribution in [1.82, 2.24) is 13.9 Å². The number of rotatable bonds is 8. The van der Waals surface area contributed by atoms with Gasteiger partial charge < -0.3 is 10.1 Å². The third-order valence-corrected chi connectivity index (χ3v) is 10.6. The lowest BCUT2D eigenvalue weighted by molar-refractivity contribution is -0.126. The van der Waals surface area contributed by atoms with Gasteiger partial charge in [0.15, 0.2) is 0 Å². The van der Waals surface area contributed by atoms with Crippen LogP contribution in [-0.4, -0.2) is 64.6 Å². The Morgan fingerprint density at radius 1 is 0.944 bits per heavy atom. The molecule has 0 radical (unpaired) electrons. The molecule has 4 rings (SSSR count). The SMILES string of the molecule is COc1ccc(C)cc1S(=O)(=O)N1CCC[C@@H](C(=O)NCc2ccc(S(=O)(=O)N3CCCC3)cc2)C1. The van der Waals surface area contributed by atoms with Gasteiger partial charge >= 0.3 is 0 Å². The second-order valence-corrected chi connectivity index (χ2v) is 13.2. The van der Waals surface area contributed by atoms with Crippen molar-refractivity contribution in [3.8, 4) is 5.75 Å². The third kappa shape index (κ3) is 5.59. The third-order valence-electron chi connectivity index (χ3n) is 6.78. The molecule has 2 aliphatic rings. The standard InChI is InChI=1S/C25H33N3O6S2/c1-19-7-12-23(34-2)24(16-19)36(32,33)28-15-5-6-21(18-28)25(29)26-17-20-8-10-22(11-9-20)35(30,31)27-13-3-4-14-27/h7-12,16,21H,3-6,13-15,17-18H2,1-2H3,(H,26,29)/t21-/m1/s1. The molecule has 36 heavy (non-hydrogen) atoms. The Labute approximate surface area is 213 Å². The molecule has 2 aromatic carbocycles. The first kappa shape index (κ1) is 26.6. The van der Waals surface area contributed by atoms with E-state index in [1.165, 1.54) is 15.7 Å². The molecule has 196 valence electrons. The Balaban J connectivity index is 1.38. The molecule has 2 aromatic rings. The number of carbonyl (C=O) groups excluding carboxylic acids is 1. The Kier molecular flexibility index (Phi) is 8.03. The molecular weight excluding hydrogens is 502 g/mol. The van der Waals surface area contributed by atoms with E-state index >= 15 is 0 Å². The molecule has 2 fully saturated rings. The second kappa shape index (κ2) is 10.9. The van der Waals surface area contributed by atoms with Gasteiger partial charge in [-0.1, -0.05) is 18.2 Å². The summed E-state index contributed by atoms with van der Waals surface area (Å²) in [6.45, 7) is 3.58.